The van der Waals surface area contributed by atoms with Crippen molar-refractivity contribution in [1.82, 2.24) is 0 Å². The first-order chi connectivity index (χ1) is 8.10. The molecular formula is C16H28O. The Bertz CT molecular complexity index is 250. The summed E-state index contributed by atoms with van der Waals surface area (Å²) < 4.78 is 0. The lowest BCUT2D eigenvalue weighted by Crippen LogP contribution is -1.99. The van der Waals surface area contributed by atoms with Crippen molar-refractivity contribution in [3.8, 4) is 0 Å². The van der Waals surface area contributed by atoms with Crippen LogP contribution in [0.3, 0.4) is 0 Å². The summed E-state index contributed by atoms with van der Waals surface area (Å²) in [6, 6.07) is 0. The molecule has 98 valence electrons. The zero-order chi connectivity index (χ0) is 13.1. The normalized spacial score (nSPS) is 16.1. The van der Waals surface area contributed by atoms with Crippen molar-refractivity contribution in [3.05, 3.63) is 23.8 Å². The van der Waals surface area contributed by atoms with Crippen molar-refractivity contribution < 1.29 is 4.79 Å². The molecule has 0 amide bonds. The van der Waals surface area contributed by atoms with Gasteiger partial charge >= 0.3 is 0 Å². The molecule has 2 unspecified atom stereocenters. The lowest BCUT2D eigenvalue weighted by molar-refractivity contribution is -0.107. The number of allylic oxidation sites excluding steroid dienone is 4. The molecule has 1 heteroatoms. The second-order valence-corrected chi connectivity index (χ2v) is 5.14. The van der Waals surface area contributed by atoms with Crippen LogP contribution in [0.5, 0.6) is 0 Å². The first kappa shape index (κ1) is 16.1. The number of hydrogen-bond donors (Lipinski definition) is 0. The molecule has 0 aliphatic heterocycles. The van der Waals surface area contributed by atoms with E-state index in [1.807, 2.05) is 6.92 Å². The molecule has 17 heavy (non-hydrogen) atoms. The molecule has 0 aliphatic rings. The molecule has 0 aromatic heterocycles. The van der Waals surface area contributed by atoms with Crippen LogP contribution in [0, 0.1) is 11.8 Å². The molecule has 0 radical (unpaired) electrons. The number of unbranched alkanes of at least 4 members (excludes halogenated alkanes) is 2. The molecule has 0 aromatic carbocycles. The molecule has 0 rings (SSSR count). The van der Waals surface area contributed by atoms with Gasteiger partial charge in [0.25, 0.3) is 0 Å². The van der Waals surface area contributed by atoms with E-state index in [0.29, 0.717) is 18.3 Å². The largest absolute Gasteiger partial charge is 0.303 e. The predicted octanol–water partition coefficient (Wildman–Crippen LogP) is 4.93. The van der Waals surface area contributed by atoms with Crippen molar-refractivity contribution in [2.75, 3.05) is 0 Å². The van der Waals surface area contributed by atoms with Gasteiger partial charge in [-0.15, -0.1) is 0 Å². The fraction of sp³-hybridized carbons (Fsp3) is 0.688. The molecule has 1 nitrogen and oxygen atoms in total. The summed E-state index contributed by atoms with van der Waals surface area (Å²) in [5.74, 6) is 1.18. The maximum atomic E-state index is 10.4. The summed E-state index contributed by atoms with van der Waals surface area (Å²) in [5.41, 5.74) is 1.19. The molecule has 0 heterocycles. The van der Waals surface area contributed by atoms with Gasteiger partial charge in [-0.05, 0) is 31.6 Å². The van der Waals surface area contributed by atoms with Gasteiger partial charge in [-0.3, -0.25) is 0 Å². The molecule has 0 fully saturated rings. The SMILES string of the molecule is CCCCC=CC(C)CC(C)C=C(C)CC=O. The minimum absolute atomic E-state index is 0.556. The van der Waals surface area contributed by atoms with E-state index in [1.165, 1.54) is 31.3 Å². The lowest BCUT2D eigenvalue weighted by Gasteiger charge is -2.11. The standard InChI is InChI=1S/C16H28O/c1-5-6-7-8-9-14(2)12-16(4)13-15(3)10-11-17/h8-9,11,13-14,16H,5-7,10,12H2,1-4H3. The van der Waals surface area contributed by atoms with Crippen molar-refractivity contribution >= 4 is 6.29 Å². The highest BCUT2D eigenvalue weighted by Gasteiger charge is 2.04. The van der Waals surface area contributed by atoms with Crippen LogP contribution in [-0.2, 0) is 4.79 Å². The molecular weight excluding hydrogens is 208 g/mol. The highest BCUT2D eigenvalue weighted by Crippen LogP contribution is 2.17. The molecule has 0 aliphatic carbocycles. The summed E-state index contributed by atoms with van der Waals surface area (Å²) in [5, 5.41) is 0. The third-order valence-corrected chi connectivity index (χ3v) is 2.91. The molecule has 0 aromatic rings. The Kier molecular flexibility index (Phi) is 9.80. The van der Waals surface area contributed by atoms with Crippen LogP contribution in [0.2, 0.25) is 0 Å². The number of carbonyl (C=O) groups is 1. The van der Waals surface area contributed by atoms with Gasteiger partial charge in [-0.1, -0.05) is 57.4 Å². The summed E-state index contributed by atoms with van der Waals surface area (Å²) in [4.78, 5) is 10.4. The van der Waals surface area contributed by atoms with Gasteiger partial charge in [0.1, 0.15) is 6.29 Å². The van der Waals surface area contributed by atoms with E-state index in [1.54, 1.807) is 0 Å². The van der Waals surface area contributed by atoms with Gasteiger partial charge in [0.2, 0.25) is 0 Å². The Labute approximate surface area is 107 Å². The molecule has 2 atom stereocenters. The highest BCUT2D eigenvalue weighted by atomic mass is 16.1. The number of hydrogen-bond acceptors (Lipinski definition) is 1. The van der Waals surface area contributed by atoms with E-state index in [4.69, 9.17) is 0 Å². The molecule has 0 N–H and O–H groups in total. The molecule has 0 spiro atoms. The summed E-state index contributed by atoms with van der Waals surface area (Å²) in [6.45, 7) is 8.75. The Morgan fingerprint density at radius 1 is 1.24 bits per heavy atom. The van der Waals surface area contributed by atoms with Crippen LogP contribution in [0.4, 0.5) is 0 Å². The van der Waals surface area contributed by atoms with E-state index in [2.05, 4.69) is 39.0 Å². The minimum atomic E-state index is 0.556. The predicted molar refractivity (Wildman–Crippen MR) is 76.0 cm³/mol. The molecule has 0 saturated carbocycles. The third kappa shape index (κ3) is 10.0. The third-order valence-electron chi connectivity index (χ3n) is 2.91. The van der Waals surface area contributed by atoms with Crippen LogP contribution < -0.4 is 0 Å². The Morgan fingerprint density at radius 3 is 2.53 bits per heavy atom. The maximum Gasteiger partial charge on any atom is 0.124 e. The van der Waals surface area contributed by atoms with Crippen LogP contribution in [0.1, 0.15) is 59.8 Å². The fourth-order valence-corrected chi connectivity index (χ4v) is 2.07. The first-order valence-corrected chi connectivity index (χ1v) is 6.87. The van der Waals surface area contributed by atoms with Crippen molar-refractivity contribution in [2.45, 2.75) is 59.8 Å². The van der Waals surface area contributed by atoms with E-state index in [0.717, 1.165) is 6.29 Å². The highest BCUT2D eigenvalue weighted by molar-refractivity contribution is 5.53. The molecule has 0 bridgehead atoms. The van der Waals surface area contributed by atoms with Gasteiger partial charge in [0.15, 0.2) is 0 Å². The Balaban J connectivity index is 3.94. The number of rotatable bonds is 9. The minimum Gasteiger partial charge on any atom is -0.303 e. The van der Waals surface area contributed by atoms with Gasteiger partial charge in [0.05, 0.1) is 0 Å². The van der Waals surface area contributed by atoms with Crippen molar-refractivity contribution in [3.63, 3.8) is 0 Å². The van der Waals surface area contributed by atoms with E-state index >= 15 is 0 Å². The first-order valence-electron chi connectivity index (χ1n) is 6.87. The van der Waals surface area contributed by atoms with Crippen LogP contribution >= 0.6 is 0 Å². The lowest BCUT2D eigenvalue weighted by atomic mass is 9.94. The summed E-state index contributed by atoms with van der Waals surface area (Å²) in [7, 11) is 0. The van der Waals surface area contributed by atoms with Crippen LogP contribution in [-0.4, -0.2) is 6.29 Å². The fourth-order valence-electron chi connectivity index (χ4n) is 2.07. The summed E-state index contributed by atoms with van der Waals surface area (Å²) in [6.07, 6.45) is 13.3. The van der Waals surface area contributed by atoms with E-state index < -0.39 is 0 Å². The smallest absolute Gasteiger partial charge is 0.124 e. The van der Waals surface area contributed by atoms with Crippen molar-refractivity contribution in [2.24, 2.45) is 11.8 Å². The monoisotopic (exact) mass is 236 g/mol. The van der Waals surface area contributed by atoms with E-state index in [9.17, 15) is 4.79 Å². The summed E-state index contributed by atoms with van der Waals surface area (Å²) >= 11 is 0. The van der Waals surface area contributed by atoms with Gasteiger partial charge in [-0.25, -0.2) is 0 Å². The topological polar surface area (TPSA) is 17.1 Å². The van der Waals surface area contributed by atoms with Crippen molar-refractivity contribution in [1.29, 1.82) is 0 Å². The quantitative estimate of drug-likeness (QED) is 0.315. The maximum absolute atomic E-state index is 10.4. The second kappa shape index (κ2) is 10.3. The zero-order valence-corrected chi connectivity index (χ0v) is 11.9. The molecule has 0 saturated heterocycles. The van der Waals surface area contributed by atoms with Crippen LogP contribution in [0.15, 0.2) is 23.8 Å². The van der Waals surface area contributed by atoms with Gasteiger partial charge in [0, 0.05) is 6.42 Å². The van der Waals surface area contributed by atoms with Crippen LogP contribution in [0.25, 0.3) is 0 Å². The average molecular weight is 236 g/mol. The number of aldehydes is 1. The van der Waals surface area contributed by atoms with E-state index in [-0.39, 0.29) is 0 Å². The zero-order valence-electron chi connectivity index (χ0n) is 11.9. The average Bonchev–Trinajstić information content (AvgIpc) is 2.24. The number of carbonyl (C=O) groups excluding carboxylic acids is 1. The Morgan fingerprint density at radius 2 is 1.94 bits per heavy atom. The second-order valence-electron chi connectivity index (χ2n) is 5.14. The Hall–Kier alpha value is -0.850. The van der Waals surface area contributed by atoms with Gasteiger partial charge in [-0.2, -0.15) is 0 Å². The van der Waals surface area contributed by atoms with Gasteiger partial charge < -0.3 is 4.79 Å².